The predicted molar refractivity (Wildman–Crippen MR) is 97.0 cm³/mol. The van der Waals surface area contributed by atoms with Gasteiger partial charge in [0.2, 0.25) is 0 Å². The van der Waals surface area contributed by atoms with Crippen LogP contribution in [0.1, 0.15) is 49.3 Å². The molecule has 6 nitrogen and oxygen atoms in total. The maximum atomic E-state index is 12.1. The monoisotopic (exact) mass is 347 g/mol. The molecule has 1 aliphatic heterocycles. The van der Waals surface area contributed by atoms with Gasteiger partial charge in [-0.3, -0.25) is 9.80 Å². The second-order valence-electron chi connectivity index (χ2n) is 6.48. The summed E-state index contributed by atoms with van der Waals surface area (Å²) in [5.41, 5.74) is 10.3. The van der Waals surface area contributed by atoms with E-state index < -0.39 is 0 Å². The molecule has 2 atom stereocenters. The van der Waals surface area contributed by atoms with E-state index in [0.717, 1.165) is 41.8 Å². The van der Waals surface area contributed by atoms with Crippen molar-refractivity contribution in [3.05, 3.63) is 46.8 Å². The van der Waals surface area contributed by atoms with Gasteiger partial charge in [0, 0.05) is 18.4 Å². The van der Waals surface area contributed by atoms with Crippen LogP contribution in [-0.4, -0.2) is 29.7 Å². The molecule has 0 saturated heterocycles. The fourth-order valence-corrected chi connectivity index (χ4v) is 3.15. The summed E-state index contributed by atoms with van der Waals surface area (Å²) in [6.07, 6.45) is 3.67. The Morgan fingerprint density at radius 1 is 1.40 bits per heavy atom. The number of esters is 1. The fourth-order valence-electron chi connectivity index (χ4n) is 3.15. The van der Waals surface area contributed by atoms with Gasteiger partial charge in [0.05, 0.1) is 19.6 Å². The lowest BCUT2D eigenvalue weighted by Crippen LogP contribution is -2.36. The van der Waals surface area contributed by atoms with E-state index in [0.29, 0.717) is 0 Å². The summed E-state index contributed by atoms with van der Waals surface area (Å²) < 4.78 is 4.96. The quantitative estimate of drug-likeness (QED) is 0.627. The maximum absolute atomic E-state index is 12.1. The van der Waals surface area contributed by atoms with Crippen LogP contribution in [0.25, 0.3) is 0 Å². The number of ether oxygens (including phenoxy) is 1. The fraction of sp³-hybridized carbons (Fsp3) is 0.526. The number of allylic oxidation sites excluding steroid dienone is 1. The number of hydrogen-bond donors (Lipinski definition) is 3. The minimum Gasteiger partial charge on any atom is -0.469 e. The number of hydrogen-bond acceptors (Lipinski definition) is 6. The molecular weight excluding hydrogens is 318 g/mol. The molecule has 0 amide bonds. The summed E-state index contributed by atoms with van der Waals surface area (Å²) in [7, 11) is 1.42. The highest BCUT2D eigenvalue weighted by Crippen LogP contribution is 2.32. The molecule has 2 rings (SSSR count). The Hall–Kier alpha value is -2.05. The third-order valence-corrected chi connectivity index (χ3v) is 4.89. The van der Waals surface area contributed by atoms with Gasteiger partial charge in [0.15, 0.2) is 0 Å². The van der Waals surface area contributed by atoms with Gasteiger partial charge in [-0.15, -0.1) is 5.53 Å². The summed E-state index contributed by atoms with van der Waals surface area (Å²) in [6, 6.07) is 6.06. The first-order valence-corrected chi connectivity index (χ1v) is 8.77. The number of aliphatic hydroxyl groups excluding tert-OH is 1. The highest BCUT2D eigenvalue weighted by atomic mass is 16.5. The van der Waals surface area contributed by atoms with E-state index in [1.165, 1.54) is 7.11 Å². The first kappa shape index (κ1) is 19.3. The number of benzene rings is 1. The van der Waals surface area contributed by atoms with Gasteiger partial charge in [0.1, 0.15) is 0 Å². The number of aliphatic hydroxyl groups is 1. The lowest BCUT2D eigenvalue weighted by molar-refractivity contribution is -0.145. The molecule has 0 spiro atoms. The van der Waals surface area contributed by atoms with E-state index in [4.69, 9.17) is 4.74 Å². The average molecular weight is 347 g/mol. The molecule has 0 fully saturated rings. The Morgan fingerprint density at radius 3 is 2.76 bits per heavy atom. The number of nitrogens with one attached hydrogen (secondary N) is 2. The first-order valence-electron chi connectivity index (χ1n) is 8.77. The number of nitrogens with zero attached hydrogens (tertiary/aromatic N) is 1. The molecule has 1 heterocycles. The van der Waals surface area contributed by atoms with E-state index in [1.807, 2.05) is 43.3 Å². The van der Waals surface area contributed by atoms with Crippen LogP contribution in [0.4, 0.5) is 0 Å². The van der Waals surface area contributed by atoms with Gasteiger partial charge in [-0.1, -0.05) is 25.1 Å². The van der Waals surface area contributed by atoms with Gasteiger partial charge >= 0.3 is 5.97 Å². The molecule has 0 bridgehead atoms. The van der Waals surface area contributed by atoms with Gasteiger partial charge in [0.25, 0.3) is 0 Å². The van der Waals surface area contributed by atoms with Crippen molar-refractivity contribution in [2.24, 2.45) is 5.92 Å². The number of carbonyl (C=O) groups excluding carboxylic acids is 1. The summed E-state index contributed by atoms with van der Waals surface area (Å²) in [6.45, 7) is 6.82. The summed E-state index contributed by atoms with van der Waals surface area (Å²) in [5.74, 6) is -0.439. The highest BCUT2D eigenvalue weighted by molar-refractivity contribution is 5.73. The van der Waals surface area contributed by atoms with Crippen LogP contribution in [0, 0.1) is 12.8 Å². The second kappa shape index (κ2) is 8.87. The molecule has 1 aromatic carbocycles. The zero-order chi connectivity index (χ0) is 18.4. The molecule has 2 unspecified atom stereocenters. The first-order chi connectivity index (χ1) is 12.0. The molecule has 0 aromatic heterocycles. The van der Waals surface area contributed by atoms with E-state index in [1.54, 1.807) is 0 Å². The normalized spacial score (nSPS) is 16.2. The van der Waals surface area contributed by atoms with Crippen molar-refractivity contribution in [3.63, 3.8) is 0 Å². The molecule has 0 radical (unpaired) electrons. The van der Waals surface area contributed by atoms with Crippen LogP contribution in [-0.2, 0) is 16.1 Å². The van der Waals surface area contributed by atoms with Crippen molar-refractivity contribution in [1.29, 1.82) is 0 Å². The molecule has 0 aliphatic carbocycles. The maximum Gasteiger partial charge on any atom is 0.308 e. The zero-order valence-electron chi connectivity index (χ0n) is 15.5. The lowest BCUT2D eigenvalue weighted by atomic mass is 9.82. The smallest absolute Gasteiger partial charge is 0.308 e. The van der Waals surface area contributed by atoms with Crippen LogP contribution in [0.5, 0.6) is 0 Å². The van der Waals surface area contributed by atoms with Crippen molar-refractivity contribution in [3.8, 4) is 0 Å². The summed E-state index contributed by atoms with van der Waals surface area (Å²) in [5, 5.41) is 11.5. The van der Waals surface area contributed by atoms with E-state index in [-0.39, 0.29) is 24.4 Å². The molecule has 6 heteroatoms. The Bertz CT molecular complexity index is 630. The molecule has 25 heavy (non-hydrogen) atoms. The van der Waals surface area contributed by atoms with Gasteiger partial charge in [-0.05, 0) is 49.3 Å². The SMILES string of the molecule is CCN1C=C(CCC(c2ccc(C)c(CO)c2)C(C)C(=O)OC)NN1. The van der Waals surface area contributed by atoms with Crippen LogP contribution in [0.2, 0.25) is 0 Å². The van der Waals surface area contributed by atoms with Crippen molar-refractivity contribution in [2.45, 2.75) is 46.1 Å². The van der Waals surface area contributed by atoms with Crippen LogP contribution >= 0.6 is 0 Å². The molecule has 1 aliphatic rings. The number of carbonyl (C=O) groups is 1. The topological polar surface area (TPSA) is 73.8 Å². The zero-order valence-corrected chi connectivity index (χ0v) is 15.5. The van der Waals surface area contributed by atoms with Gasteiger partial charge in [-0.25, -0.2) is 0 Å². The molecule has 1 aromatic rings. The average Bonchev–Trinajstić information content (AvgIpc) is 3.10. The molecular formula is C19H29N3O3. The Balaban J connectivity index is 2.20. The number of hydrazine groups is 2. The van der Waals surface area contributed by atoms with E-state index >= 15 is 0 Å². The Morgan fingerprint density at radius 2 is 2.16 bits per heavy atom. The van der Waals surface area contributed by atoms with Gasteiger partial charge < -0.3 is 15.3 Å². The van der Waals surface area contributed by atoms with Crippen molar-refractivity contribution >= 4 is 5.97 Å². The van der Waals surface area contributed by atoms with Gasteiger partial charge in [-0.2, -0.15) is 0 Å². The number of rotatable bonds is 8. The minimum absolute atomic E-state index is 0.00108. The third-order valence-electron chi connectivity index (χ3n) is 4.89. The molecule has 138 valence electrons. The highest BCUT2D eigenvalue weighted by Gasteiger charge is 2.27. The lowest BCUT2D eigenvalue weighted by Gasteiger charge is -2.24. The van der Waals surface area contributed by atoms with E-state index in [2.05, 4.69) is 17.9 Å². The number of methoxy groups -OCH3 is 1. The number of aryl methyl sites for hydroxylation is 1. The van der Waals surface area contributed by atoms with Crippen molar-refractivity contribution < 1.29 is 14.6 Å². The minimum atomic E-state index is -0.253. The molecule has 3 N–H and O–H groups in total. The standard InChI is InChI=1S/C19H29N3O3/c1-5-22-11-17(20-21-22)8-9-18(14(3)19(24)25-4)15-7-6-13(2)16(10-15)12-23/h6-7,10-11,14,18,20-21,23H,5,8-9,12H2,1-4H3. The third kappa shape index (κ3) is 4.74. The van der Waals surface area contributed by atoms with Crippen LogP contribution in [0.3, 0.4) is 0 Å². The van der Waals surface area contributed by atoms with E-state index in [9.17, 15) is 9.90 Å². The van der Waals surface area contributed by atoms with Crippen LogP contribution < -0.4 is 11.0 Å². The summed E-state index contributed by atoms with van der Waals surface area (Å²) >= 11 is 0. The second-order valence-corrected chi connectivity index (χ2v) is 6.48. The van der Waals surface area contributed by atoms with Crippen LogP contribution in [0.15, 0.2) is 30.1 Å². The predicted octanol–water partition coefficient (Wildman–Crippen LogP) is 2.35. The Kier molecular flexibility index (Phi) is 6.84. The van der Waals surface area contributed by atoms with Crippen molar-refractivity contribution in [2.75, 3.05) is 13.7 Å². The summed E-state index contributed by atoms with van der Waals surface area (Å²) in [4.78, 5) is 12.1. The Labute approximate surface area is 149 Å². The van der Waals surface area contributed by atoms with Crippen molar-refractivity contribution in [1.82, 2.24) is 16.0 Å². The largest absolute Gasteiger partial charge is 0.469 e. The molecule has 0 saturated carbocycles.